The molecular formula is C12H13Cl3O. The Morgan fingerprint density at radius 2 is 2.06 bits per heavy atom. The molecule has 1 heterocycles. The molecule has 88 valence electrons. The van der Waals surface area contributed by atoms with Crippen LogP contribution in [0.25, 0.3) is 0 Å². The summed E-state index contributed by atoms with van der Waals surface area (Å²) in [6.45, 7) is 2.85. The zero-order chi connectivity index (χ0) is 11.7. The molecule has 0 saturated carbocycles. The molecule has 0 spiro atoms. The van der Waals surface area contributed by atoms with Gasteiger partial charge in [0.25, 0.3) is 0 Å². The number of benzene rings is 1. The summed E-state index contributed by atoms with van der Waals surface area (Å²) in [4.78, 5) is 0. The van der Waals surface area contributed by atoms with E-state index in [0.29, 0.717) is 16.0 Å². The molecular weight excluding hydrogens is 266 g/mol. The molecule has 1 aliphatic heterocycles. The SMILES string of the molecule is CC1OCCC1C(Cl)c1ccc(Cl)c(Cl)c1. The quantitative estimate of drug-likeness (QED) is 0.713. The first kappa shape index (κ1) is 12.5. The topological polar surface area (TPSA) is 9.23 Å². The van der Waals surface area contributed by atoms with Crippen molar-refractivity contribution in [2.24, 2.45) is 5.92 Å². The lowest BCUT2D eigenvalue weighted by molar-refractivity contribution is 0.105. The lowest BCUT2D eigenvalue weighted by Gasteiger charge is -2.20. The Morgan fingerprint density at radius 3 is 2.62 bits per heavy atom. The van der Waals surface area contributed by atoms with Crippen LogP contribution in [-0.2, 0) is 4.74 Å². The van der Waals surface area contributed by atoms with Gasteiger partial charge in [-0.25, -0.2) is 0 Å². The molecule has 1 fully saturated rings. The molecule has 0 amide bonds. The summed E-state index contributed by atoms with van der Waals surface area (Å²) in [7, 11) is 0. The number of hydrogen-bond acceptors (Lipinski definition) is 1. The monoisotopic (exact) mass is 278 g/mol. The molecule has 0 radical (unpaired) electrons. The van der Waals surface area contributed by atoms with Crippen LogP contribution in [0.1, 0.15) is 24.3 Å². The molecule has 0 aliphatic carbocycles. The van der Waals surface area contributed by atoms with Crippen LogP contribution < -0.4 is 0 Å². The van der Waals surface area contributed by atoms with Gasteiger partial charge in [0.2, 0.25) is 0 Å². The van der Waals surface area contributed by atoms with Crippen LogP contribution in [0.5, 0.6) is 0 Å². The highest BCUT2D eigenvalue weighted by atomic mass is 35.5. The van der Waals surface area contributed by atoms with E-state index in [0.717, 1.165) is 18.6 Å². The standard InChI is InChI=1S/C12H13Cl3O/c1-7-9(4-5-16-7)12(15)8-2-3-10(13)11(14)6-8/h2-3,6-7,9,12H,4-5H2,1H3. The predicted octanol–water partition coefficient (Wildman–Crippen LogP) is 4.70. The average Bonchev–Trinajstić information content (AvgIpc) is 2.67. The van der Waals surface area contributed by atoms with Crippen molar-refractivity contribution in [3.8, 4) is 0 Å². The minimum atomic E-state index is -0.0627. The van der Waals surface area contributed by atoms with Crippen molar-refractivity contribution in [3.63, 3.8) is 0 Å². The number of alkyl halides is 1. The number of rotatable bonds is 2. The van der Waals surface area contributed by atoms with Gasteiger partial charge in [-0.2, -0.15) is 0 Å². The minimum Gasteiger partial charge on any atom is -0.378 e. The van der Waals surface area contributed by atoms with Crippen molar-refractivity contribution in [2.75, 3.05) is 6.61 Å². The van der Waals surface area contributed by atoms with Gasteiger partial charge in [-0.3, -0.25) is 0 Å². The van der Waals surface area contributed by atoms with Gasteiger partial charge < -0.3 is 4.74 Å². The highest BCUT2D eigenvalue weighted by Crippen LogP contribution is 2.39. The third-order valence-corrected chi connectivity index (χ3v) is 4.39. The Hall–Kier alpha value is 0.0500. The summed E-state index contributed by atoms with van der Waals surface area (Å²) >= 11 is 18.3. The zero-order valence-electron chi connectivity index (χ0n) is 8.92. The molecule has 1 aliphatic rings. The van der Waals surface area contributed by atoms with Gasteiger partial charge in [0, 0.05) is 12.5 Å². The number of halogens is 3. The van der Waals surface area contributed by atoms with E-state index >= 15 is 0 Å². The Kier molecular flexibility index (Phi) is 4.01. The summed E-state index contributed by atoms with van der Waals surface area (Å²) in [6, 6.07) is 5.55. The van der Waals surface area contributed by atoms with Crippen LogP contribution in [0, 0.1) is 5.92 Å². The van der Waals surface area contributed by atoms with Crippen LogP contribution >= 0.6 is 34.8 Å². The third-order valence-electron chi connectivity index (χ3n) is 3.07. The van der Waals surface area contributed by atoms with Crippen molar-refractivity contribution in [2.45, 2.75) is 24.8 Å². The molecule has 3 unspecified atom stereocenters. The number of hydrogen-bond donors (Lipinski definition) is 0. The van der Waals surface area contributed by atoms with Gasteiger partial charge in [0.05, 0.1) is 21.5 Å². The minimum absolute atomic E-state index is 0.0627. The van der Waals surface area contributed by atoms with Crippen LogP contribution in [0.2, 0.25) is 10.0 Å². The molecule has 1 aromatic carbocycles. The molecule has 1 nitrogen and oxygen atoms in total. The van der Waals surface area contributed by atoms with Crippen molar-refractivity contribution in [1.82, 2.24) is 0 Å². The Bertz CT molecular complexity index is 381. The molecule has 4 heteroatoms. The van der Waals surface area contributed by atoms with Gasteiger partial charge in [-0.05, 0) is 31.0 Å². The smallest absolute Gasteiger partial charge is 0.0639 e. The third kappa shape index (κ3) is 2.48. The van der Waals surface area contributed by atoms with Gasteiger partial charge in [0.15, 0.2) is 0 Å². The normalized spacial score (nSPS) is 27.0. The summed E-state index contributed by atoms with van der Waals surface area (Å²) in [5, 5.41) is 1.05. The van der Waals surface area contributed by atoms with E-state index in [2.05, 4.69) is 6.92 Å². The maximum Gasteiger partial charge on any atom is 0.0639 e. The maximum atomic E-state index is 6.45. The summed E-state index contributed by atoms with van der Waals surface area (Å²) < 4.78 is 5.52. The van der Waals surface area contributed by atoms with Crippen molar-refractivity contribution in [3.05, 3.63) is 33.8 Å². The second-order valence-electron chi connectivity index (χ2n) is 4.10. The van der Waals surface area contributed by atoms with Crippen LogP contribution in [0.4, 0.5) is 0 Å². The molecule has 0 bridgehead atoms. The fourth-order valence-electron chi connectivity index (χ4n) is 2.06. The van der Waals surface area contributed by atoms with E-state index in [4.69, 9.17) is 39.5 Å². The van der Waals surface area contributed by atoms with E-state index in [1.54, 1.807) is 6.07 Å². The highest BCUT2D eigenvalue weighted by molar-refractivity contribution is 6.42. The fourth-order valence-corrected chi connectivity index (χ4v) is 2.84. The molecule has 1 saturated heterocycles. The second-order valence-corrected chi connectivity index (χ2v) is 5.39. The van der Waals surface area contributed by atoms with Gasteiger partial charge in [0.1, 0.15) is 0 Å². The molecule has 2 rings (SSSR count). The van der Waals surface area contributed by atoms with E-state index < -0.39 is 0 Å². The van der Waals surface area contributed by atoms with Gasteiger partial charge in [-0.15, -0.1) is 11.6 Å². The van der Waals surface area contributed by atoms with Crippen LogP contribution in [-0.4, -0.2) is 12.7 Å². The van der Waals surface area contributed by atoms with Crippen LogP contribution in [0.15, 0.2) is 18.2 Å². The fraction of sp³-hybridized carbons (Fsp3) is 0.500. The molecule has 16 heavy (non-hydrogen) atoms. The van der Waals surface area contributed by atoms with Crippen molar-refractivity contribution >= 4 is 34.8 Å². The molecule has 0 aromatic heterocycles. The first-order valence-electron chi connectivity index (χ1n) is 5.30. The average molecular weight is 280 g/mol. The second kappa shape index (κ2) is 5.14. The zero-order valence-corrected chi connectivity index (χ0v) is 11.2. The Morgan fingerprint density at radius 1 is 1.31 bits per heavy atom. The largest absolute Gasteiger partial charge is 0.378 e. The van der Waals surface area contributed by atoms with Crippen LogP contribution in [0.3, 0.4) is 0 Å². The van der Waals surface area contributed by atoms with Gasteiger partial charge >= 0.3 is 0 Å². The van der Waals surface area contributed by atoms with E-state index in [9.17, 15) is 0 Å². The highest BCUT2D eigenvalue weighted by Gasteiger charge is 2.31. The van der Waals surface area contributed by atoms with Crippen molar-refractivity contribution < 1.29 is 4.74 Å². The first-order chi connectivity index (χ1) is 7.59. The lowest BCUT2D eigenvalue weighted by atomic mass is 9.93. The summed E-state index contributed by atoms with van der Waals surface area (Å²) in [5.74, 6) is 0.346. The Labute approximate surface area is 111 Å². The Balaban J connectivity index is 2.20. The summed E-state index contributed by atoms with van der Waals surface area (Å²) in [5.41, 5.74) is 1.01. The maximum absolute atomic E-state index is 6.45. The molecule has 3 atom stereocenters. The van der Waals surface area contributed by atoms with Gasteiger partial charge in [-0.1, -0.05) is 29.3 Å². The van der Waals surface area contributed by atoms with Crippen molar-refractivity contribution in [1.29, 1.82) is 0 Å². The number of ether oxygens (including phenoxy) is 1. The van der Waals surface area contributed by atoms with E-state index in [1.807, 2.05) is 12.1 Å². The first-order valence-corrected chi connectivity index (χ1v) is 6.49. The van der Waals surface area contributed by atoms with E-state index in [1.165, 1.54) is 0 Å². The predicted molar refractivity (Wildman–Crippen MR) is 68.6 cm³/mol. The summed E-state index contributed by atoms with van der Waals surface area (Å²) in [6.07, 6.45) is 1.20. The lowest BCUT2D eigenvalue weighted by Crippen LogP contribution is -2.16. The molecule has 0 N–H and O–H groups in total. The molecule has 1 aromatic rings. The van der Waals surface area contributed by atoms with E-state index in [-0.39, 0.29) is 11.5 Å².